The molecule has 29 heavy (non-hydrogen) atoms. The maximum atomic E-state index is 13.2. The van der Waals surface area contributed by atoms with Crippen LogP contribution in [0.15, 0.2) is 42.5 Å². The van der Waals surface area contributed by atoms with Gasteiger partial charge in [-0.1, -0.05) is 18.2 Å². The molecule has 0 saturated carbocycles. The summed E-state index contributed by atoms with van der Waals surface area (Å²) in [6.07, 6.45) is -4.63. The fourth-order valence-electron chi connectivity index (χ4n) is 2.94. The molecule has 1 atom stereocenters. The van der Waals surface area contributed by atoms with Gasteiger partial charge >= 0.3 is 6.18 Å². The van der Waals surface area contributed by atoms with Gasteiger partial charge in [0.15, 0.2) is 11.5 Å². The van der Waals surface area contributed by atoms with Gasteiger partial charge in [-0.2, -0.15) is 13.2 Å². The van der Waals surface area contributed by atoms with Gasteiger partial charge in [-0.05, 0) is 50.6 Å². The van der Waals surface area contributed by atoms with Gasteiger partial charge in [-0.15, -0.1) is 0 Å². The van der Waals surface area contributed by atoms with Gasteiger partial charge in [0.2, 0.25) is 5.82 Å². The molecule has 0 radical (unpaired) electrons. The number of rotatable bonds is 7. The highest BCUT2D eigenvalue weighted by Gasteiger charge is 2.35. The van der Waals surface area contributed by atoms with E-state index in [1.807, 2.05) is 32.9 Å². The Morgan fingerprint density at radius 1 is 0.966 bits per heavy atom. The molecule has 3 rings (SSSR count). The van der Waals surface area contributed by atoms with E-state index in [2.05, 4.69) is 15.3 Å². The van der Waals surface area contributed by atoms with E-state index in [0.29, 0.717) is 30.1 Å². The first-order valence-corrected chi connectivity index (χ1v) is 9.33. The van der Waals surface area contributed by atoms with Gasteiger partial charge < -0.3 is 14.8 Å². The van der Waals surface area contributed by atoms with Crippen molar-refractivity contribution in [2.24, 2.45) is 0 Å². The normalized spacial score (nSPS) is 12.6. The average Bonchev–Trinajstić information content (AvgIpc) is 2.69. The maximum absolute atomic E-state index is 13.2. The molecule has 1 N–H and O–H groups in total. The van der Waals surface area contributed by atoms with Gasteiger partial charge in [0.1, 0.15) is 5.82 Å². The number of nitrogens with one attached hydrogen (secondary N) is 1. The lowest BCUT2D eigenvalue weighted by Gasteiger charge is -2.19. The third-order valence-electron chi connectivity index (χ3n) is 4.28. The molecule has 5 nitrogen and oxygen atoms in total. The van der Waals surface area contributed by atoms with Gasteiger partial charge in [0, 0.05) is 5.39 Å². The van der Waals surface area contributed by atoms with Crippen molar-refractivity contribution in [2.45, 2.75) is 33.0 Å². The molecule has 0 spiro atoms. The lowest BCUT2D eigenvalue weighted by atomic mass is 10.1. The van der Waals surface area contributed by atoms with Gasteiger partial charge in [-0.25, -0.2) is 9.97 Å². The lowest BCUT2D eigenvalue weighted by Crippen LogP contribution is -2.15. The molecule has 0 aliphatic rings. The van der Waals surface area contributed by atoms with Gasteiger partial charge in [0.25, 0.3) is 0 Å². The smallest absolute Gasteiger partial charge is 0.451 e. The van der Waals surface area contributed by atoms with E-state index in [1.165, 1.54) is 6.07 Å². The second kappa shape index (κ2) is 8.55. The molecule has 0 saturated heterocycles. The number of hydrogen-bond donors (Lipinski definition) is 1. The molecule has 0 fully saturated rings. The molecule has 1 heterocycles. The minimum atomic E-state index is -4.63. The summed E-state index contributed by atoms with van der Waals surface area (Å²) >= 11 is 0. The van der Waals surface area contributed by atoms with Crippen LogP contribution in [0.4, 0.5) is 19.0 Å². The number of anilines is 1. The summed E-state index contributed by atoms with van der Waals surface area (Å²) in [6.45, 7) is 6.56. The minimum Gasteiger partial charge on any atom is -0.490 e. The van der Waals surface area contributed by atoms with Crippen LogP contribution in [-0.2, 0) is 6.18 Å². The fourth-order valence-corrected chi connectivity index (χ4v) is 2.94. The van der Waals surface area contributed by atoms with E-state index < -0.39 is 12.0 Å². The number of halogens is 3. The third kappa shape index (κ3) is 4.70. The molecule has 154 valence electrons. The van der Waals surface area contributed by atoms with Crippen molar-refractivity contribution in [2.75, 3.05) is 18.5 Å². The summed E-state index contributed by atoms with van der Waals surface area (Å²) in [5.41, 5.74) is 1.05. The zero-order valence-electron chi connectivity index (χ0n) is 16.4. The SMILES string of the molecule is CCOc1ccc([C@@H](C)Nc2nc(C(F)(F)F)nc3ccccc23)cc1OCC. The van der Waals surface area contributed by atoms with Crippen molar-refractivity contribution in [3.05, 3.63) is 53.9 Å². The van der Waals surface area contributed by atoms with Gasteiger partial charge in [0.05, 0.1) is 24.8 Å². The maximum Gasteiger partial charge on any atom is 0.451 e. The monoisotopic (exact) mass is 405 g/mol. The van der Waals surface area contributed by atoms with Crippen LogP contribution in [-0.4, -0.2) is 23.2 Å². The van der Waals surface area contributed by atoms with Crippen LogP contribution in [0.5, 0.6) is 11.5 Å². The van der Waals surface area contributed by atoms with Crippen molar-refractivity contribution < 1.29 is 22.6 Å². The first-order valence-electron chi connectivity index (χ1n) is 9.33. The number of alkyl halides is 3. The largest absolute Gasteiger partial charge is 0.490 e. The summed E-state index contributed by atoms with van der Waals surface area (Å²) in [5.74, 6) is 0.163. The fraction of sp³-hybridized carbons (Fsp3) is 0.333. The van der Waals surface area contributed by atoms with Crippen LogP contribution >= 0.6 is 0 Å². The van der Waals surface area contributed by atoms with Crippen molar-refractivity contribution >= 4 is 16.7 Å². The molecule has 0 bridgehead atoms. The predicted octanol–water partition coefficient (Wildman–Crippen LogP) is 5.62. The number of nitrogens with zero attached hydrogens (tertiary/aromatic N) is 2. The Morgan fingerprint density at radius 3 is 2.34 bits per heavy atom. The Balaban J connectivity index is 1.97. The number of aromatic nitrogens is 2. The molecule has 1 aromatic heterocycles. The van der Waals surface area contributed by atoms with Crippen LogP contribution in [0.2, 0.25) is 0 Å². The van der Waals surface area contributed by atoms with Crippen LogP contribution < -0.4 is 14.8 Å². The Morgan fingerprint density at radius 2 is 1.66 bits per heavy atom. The molecule has 3 aromatic rings. The van der Waals surface area contributed by atoms with E-state index in [0.717, 1.165) is 5.56 Å². The highest BCUT2D eigenvalue weighted by Crippen LogP contribution is 2.34. The topological polar surface area (TPSA) is 56.3 Å². The van der Waals surface area contributed by atoms with Crippen molar-refractivity contribution in [3.8, 4) is 11.5 Å². The number of fused-ring (bicyclic) bond motifs is 1. The number of ether oxygens (including phenoxy) is 2. The molecule has 0 aliphatic carbocycles. The Labute approximate surface area is 166 Å². The Hall–Kier alpha value is -3.03. The molecule has 0 aliphatic heterocycles. The highest BCUT2D eigenvalue weighted by atomic mass is 19.4. The Bertz CT molecular complexity index is 993. The van der Waals surface area contributed by atoms with Crippen LogP contribution in [0.1, 0.15) is 38.2 Å². The van der Waals surface area contributed by atoms with Gasteiger partial charge in [-0.3, -0.25) is 0 Å². The lowest BCUT2D eigenvalue weighted by molar-refractivity contribution is -0.144. The first-order chi connectivity index (χ1) is 13.8. The van der Waals surface area contributed by atoms with Crippen LogP contribution in [0.25, 0.3) is 10.9 Å². The number of para-hydroxylation sites is 1. The first kappa shape index (κ1) is 20.7. The van der Waals surface area contributed by atoms with E-state index in [1.54, 1.807) is 24.3 Å². The second-order valence-corrected chi connectivity index (χ2v) is 6.35. The summed E-state index contributed by atoms with van der Waals surface area (Å²) in [5, 5.41) is 3.60. The van der Waals surface area contributed by atoms with Crippen LogP contribution in [0, 0.1) is 0 Å². The number of hydrogen-bond acceptors (Lipinski definition) is 5. The second-order valence-electron chi connectivity index (χ2n) is 6.35. The highest BCUT2D eigenvalue weighted by molar-refractivity contribution is 5.89. The van der Waals surface area contributed by atoms with E-state index in [-0.39, 0.29) is 17.4 Å². The van der Waals surface area contributed by atoms with Crippen LogP contribution in [0.3, 0.4) is 0 Å². The molecular formula is C21H22F3N3O2. The Kier molecular flexibility index (Phi) is 6.10. The van der Waals surface area contributed by atoms with Crippen molar-refractivity contribution in [3.63, 3.8) is 0 Å². The minimum absolute atomic E-state index is 0.127. The standard InChI is InChI=1S/C21H22F3N3O2/c1-4-28-17-11-10-14(12-18(17)29-5-2)13(3)25-19-15-8-6-7-9-16(15)26-20(27-19)21(22,23)24/h6-13H,4-5H2,1-3H3,(H,25,26,27)/t13-/m1/s1. The number of benzene rings is 2. The molecule has 0 amide bonds. The van der Waals surface area contributed by atoms with Crippen molar-refractivity contribution in [1.29, 1.82) is 0 Å². The summed E-state index contributed by atoms with van der Waals surface area (Å²) in [7, 11) is 0. The van der Waals surface area contributed by atoms with Crippen molar-refractivity contribution in [1.82, 2.24) is 9.97 Å². The molecule has 2 aromatic carbocycles. The molecule has 0 unspecified atom stereocenters. The average molecular weight is 405 g/mol. The third-order valence-corrected chi connectivity index (χ3v) is 4.28. The summed E-state index contributed by atoms with van der Waals surface area (Å²) < 4.78 is 50.9. The van der Waals surface area contributed by atoms with E-state index >= 15 is 0 Å². The summed E-state index contributed by atoms with van der Waals surface area (Å²) in [6, 6.07) is 11.7. The summed E-state index contributed by atoms with van der Waals surface area (Å²) in [4.78, 5) is 7.39. The predicted molar refractivity (Wildman–Crippen MR) is 105 cm³/mol. The zero-order chi connectivity index (χ0) is 21.0. The van der Waals surface area contributed by atoms with E-state index in [9.17, 15) is 13.2 Å². The quantitative estimate of drug-likeness (QED) is 0.553. The molecular weight excluding hydrogens is 383 g/mol. The zero-order valence-corrected chi connectivity index (χ0v) is 16.4. The van der Waals surface area contributed by atoms with E-state index in [4.69, 9.17) is 9.47 Å². The molecule has 8 heteroatoms.